The van der Waals surface area contributed by atoms with Gasteiger partial charge in [-0.3, -0.25) is 0 Å². The summed E-state index contributed by atoms with van der Waals surface area (Å²) in [5.74, 6) is 2.81. The number of aromatic nitrogens is 2. The lowest BCUT2D eigenvalue weighted by atomic mass is 10.1. The number of benzene rings is 1. The second kappa shape index (κ2) is 5.63. The summed E-state index contributed by atoms with van der Waals surface area (Å²) < 4.78 is 10.5. The van der Waals surface area contributed by atoms with E-state index in [1.807, 2.05) is 24.3 Å². The highest BCUT2D eigenvalue weighted by molar-refractivity contribution is 5.30. The highest BCUT2D eigenvalue weighted by Gasteiger charge is 2.29. The summed E-state index contributed by atoms with van der Waals surface area (Å²) >= 11 is 0. The maximum absolute atomic E-state index is 6.07. The van der Waals surface area contributed by atoms with Gasteiger partial charge in [-0.15, -0.1) is 0 Å². The Morgan fingerprint density at radius 2 is 2.30 bits per heavy atom. The molecule has 0 radical (unpaired) electrons. The van der Waals surface area contributed by atoms with Crippen LogP contribution >= 0.6 is 0 Å². The lowest BCUT2D eigenvalue weighted by molar-refractivity contribution is 0.359. The molecule has 3 rings (SSSR count). The van der Waals surface area contributed by atoms with Gasteiger partial charge in [0.25, 0.3) is 0 Å². The Hall–Kier alpha value is -1.88. The Morgan fingerprint density at radius 1 is 1.45 bits per heavy atom. The van der Waals surface area contributed by atoms with E-state index in [1.165, 1.54) is 12.8 Å². The molecule has 0 spiro atoms. The molecule has 1 atom stereocenters. The lowest BCUT2D eigenvalue weighted by Gasteiger charge is -2.04. The minimum absolute atomic E-state index is 0.153. The molecular weight excluding hydrogens is 254 g/mol. The first-order chi connectivity index (χ1) is 9.74. The van der Waals surface area contributed by atoms with Crippen LogP contribution in [0.2, 0.25) is 0 Å². The van der Waals surface area contributed by atoms with Crippen molar-refractivity contribution in [1.82, 2.24) is 10.1 Å². The van der Waals surface area contributed by atoms with Gasteiger partial charge in [-0.1, -0.05) is 17.3 Å². The van der Waals surface area contributed by atoms with E-state index in [4.69, 9.17) is 15.0 Å². The number of nitrogens with two attached hydrogens (primary N) is 1. The first-order valence-corrected chi connectivity index (χ1v) is 6.94. The van der Waals surface area contributed by atoms with E-state index in [9.17, 15) is 0 Å². The van der Waals surface area contributed by atoms with E-state index in [0.29, 0.717) is 30.5 Å². The van der Waals surface area contributed by atoms with Crippen LogP contribution in [0, 0.1) is 5.92 Å². The minimum Gasteiger partial charge on any atom is -0.497 e. The second-order valence-corrected chi connectivity index (χ2v) is 5.34. The van der Waals surface area contributed by atoms with Crippen LogP contribution in [0.1, 0.15) is 30.1 Å². The average Bonchev–Trinajstić information content (AvgIpc) is 3.22. The van der Waals surface area contributed by atoms with Gasteiger partial charge in [0.15, 0.2) is 5.82 Å². The summed E-state index contributed by atoms with van der Waals surface area (Å²) in [6.45, 7) is 0. The molecule has 1 heterocycles. The largest absolute Gasteiger partial charge is 0.497 e. The van der Waals surface area contributed by atoms with E-state index in [-0.39, 0.29) is 6.04 Å². The maximum atomic E-state index is 6.07. The summed E-state index contributed by atoms with van der Waals surface area (Å²) in [5, 5.41) is 4.02. The Kier molecular flexibility index (Phi) is 3.69. The maximum Gasteiger partial charge on any atom is 0.228 e. The first kappa shape index (κ1) is 13.1. The molecule has 2 aromatic rings. The third-order valence-electron chi connectivity index (χ3n) is 3.64. The minimum atomic E-state index is 0.153. The Balaban J connectivity index is 1.63. The van der Waals surface area contributed by atoms with Crippen LogP contribution in [0.3, 0.4) is 0 Å². The van der Waals surface area contributed by atoms with Gasteiger partial charge in [0, 0.05) is 18.9 Å². The third-order valence-corrected chi connectivity index (χ3v) is 3.64. The SMILES string of the molecule is COc1cccc(Cc2noc(CC(N)C3CC3)n2)c1. The van der Waals surface area contributed by atoms with Crippen molar-refractivity contribution in [2.45, 2.75) is 31.7 Å². The fraction of sp³-hybridized carbons (Fsp3) is 0.467. The molecule has 1 aliphatic rings. The lowest BCUT2D eigenvalue weighted by Crippen LogP contribution is -2.25. The zero-order valence-electron chi connectivity index (χ0n) is 11.6. The fourth-order valence-corrected chi connectivity index (χ4v) is 2.30. The Morgan fingerprint density at radius 3 is 3.05 bits per heavy atom. The molecule has 20 heavy (non-hydrogen) atoms. The van der Waals surface area contributed by atoms with Gasteiger partial charge < -0.3 is 15.0 Å². The number of rotatable bonds is 6. The van der Waals surface area contributed by atoms with Gasteiger partial charge in [-0.25, -0.2) is 0 Å². The van der Waals surface area contributed by atoms with Crippen LogP contribution in [0.4, 0.5) is 0 Å². The monoisotopic (exact) mass is 273 g/mol. The van der Waals surface area contributed by atoms with Crippen LogP contribution in [0.15, 0.2) is 28.8 Å². The van der Waals surface area contributed by atoms with E-state index in [0.717, 1.165) is 11.3 Å². The molecule has 1 fully saturated rings. The third kappa shape index (κ3) is 3.17. The molecule has 106 valence electrons. The molecule has 0 saturated heterocycles. The first-order valence-electron chi connectivity index (χ1n) is 6.94. The van der Waals surface area contributed by atoms with Crippen LogP contribution in [-0.4, -0.2) is 23.3 Å². The van der Waals surface area contributed by atoms with Crippen molar-refractivity contribution in [3.05, 3.63) is 41.5 Å². The quantitative estimate of drug-likeness (QED) is 0.870. The van der Waals surface area contributed by atoms with Crippen LogP contribution in [0.25, 0.3) is 0 Å². The van der Waals surface area contributed by atoms with Gasteiger partial charge in [0.2, 0.25) is 5.89 Å². The molecule has 5 heteroatoms. The number of hydrogen-bond donors (Lipinski definition) is 1. The van der Waals surface area contributed by atoms with Gasteiger partial charge in [0.1, 0.15) is 5.75 Å². The van der Waals surface area contributed by atoms with Gasteiger partial charge in [0.05, 0.1) is 7.11 Å². The van der Waals surface area contributed by atoms with E-state index >= 15 is 0 Å². The zero-order valence-corrected chi connectivity index (χ0v) is 11.6. The predicted molar refractivity (Wildman–Crippen MR) is 74.5 cm³/mol. The topological polar surface area (TPSA) is 74.2 Å². The molecule has 1 aromatic carbocycles. The number of hydrogen-bond acceptors (Lipinski definition) is 5. The standard InChI is InChI=1S/C15H19N3O2/c1-19-12-4-2-3-10(7-12)8-14-17-15(20-18-14)9-13(16)11-5-6-11/h2-4,7,11,13H,5-6,8-9,16H2,1H3. The van der Waals surface area contributed by atoms with Crippen LogP contribution in [0.5, 0.6) is 5.75 Å². The molecule has 1 aliphatic carbocycles. The van der Waals surface area contributed by atoms with Crippen molar-refractivity contribution in [3.63, 3.8) is 0 Å². The van der Waals surface area contributed by atoms with Gasteiger partial charge in [-0.2, -0.15) is 4.98 Å². The molecule has 0 aliphatic heterocycles. The summed E-state index contributed by atoms with van der Waals surface area (Å²) in [7, 11) is 1.66. The van der Waals surface area contributed by atoms with Crippen molar-refractivity contribution in [1.29, 1.82) is 0 Å². The van der Waals surface area contributed by atoms with Crippen molar-refractivity contribution >= 4 is 0 Å². The molecule has 5 nitrogen and oxygen atoms in total. The predicted octanol–water partition coefficient (Wildman–Crippen LogP) is 1.95. The normalized spacial score (nSPS) is 16.1. The molecule has 1 unspecified atom stereocenters. The number of nitrogens with zero attached hydrogens (tertiary/aromatic N) is 2. The highest BCUT2D eigenvalue weighted by Crippen LogP contribution is 2.32. The number of methoxy groups -OCH3 is 1. The zero-order chi connectivity index (χ0) is 13.9. The van der Waals surface area contributed by atoms with Crippen molar-refractivity contribution in [2.75, 3.05) is 7.11 Å². The smallest absolute Gasteiger partial charge is 0.228 e. The second-order valence-electron chi connectivity index (χ2n) is 5.34. The summed E-state index contributed by atoms with van der Waals surface area (Å²) in [6, 6.07) is 8.03. The van der Waals surface area contributed by atoms with Gasteiger partial charge in [-0.05, 0) is 36.5 Å². The van der Waals surface area contributed by atoms with Crippen molar-refractivity contribution < 1.29 is 9.26 Å². The van der Waals surface area contributed by atoms with E-state index in [2.05, 4.69) is 10.1 Å². The van der Waals surface area contributed by atoms with E-state index in [1.54, 1.807) is 7.11 Å². The van der Waals surface area contributed by atoms with E-state index < -0.39 is 0 Å². The average molecular weight is 273 g/mol. The highest BCUT2D eigenvalue weighted by atomic mass is 16.5. The molecule has 2 N–H and O–H groups in total. The molecule has 1 aromatic heterocycles. The van der Waals surface area contributed by atoms with Crippen LogP contribution in [-0.2, 0) is 12.8 Å². The molecule has 0 amide bonds. The van der Waals surface area contributed by atoms with Crippen molar-refractivity contribution in [3.8, 4) is 5.75 Å². The summed E-state index contributed by atoms with van der Waals surface area (Å²) in [6.07, 6.45) is 3.77. The van der Waals surface area contributed by atoms with Gasteiger partial charge >= 0.3 is 0 Å². The molecular formula is C15H19N3O2. The number of ether oxygens (including phenoxy) is 1. The molecule has 1 saturated carbocycles. The summed E-state index contributed by atoms with van der Waals surface area (Å²) in [4.78, 5) is 4.41. The van der Waals surface area contributed by atoms with Crippen molar-refractivity contribution in [2.24, 2.45) is 11.7 Å². The summed E-state index contributed by atoms with van der Waals surface area (Å²) in [5.41, 5.74) is 7.17. The molecule has 0 bridgehead atoms. The fourth-order valence-electron chi connectivity index (χ4n) is 2.30. The Labute approximate surface area is 118 Å². The van der Waals surface area contributed by atoms with Crippen LogP contribution < -0.4 is 10.5 Å². The Bertz CT molecular complexity index is 578.